The molecule has 0 bridgehead atoms. The van der Waals surface area contributed by atoms with E-state index in [-0.39, 0.29) is 23.4 Å². The van der Waals surface area contributed by atoms with Gasteiger partial charge in [-0.05, 0) is 37.8 Å². The Labute approximate surface area is 167 Å². The van der Waals surface area contributed by atoms with Crippen LogP contribution in [0.1, 0.15) is 57.9 Å². The molecule has 2 heterocycles. The minimum Gasteiger partial charge on any atom is -0.361 e. The van der Waals surface area contributed by atoms with Crippen LogP contribution in [0.15, 0.2) is 30.5 Å². The second-order valence-electron chi connectivity index (χ2n) is 8.49. The van der Waals surface area contributed by atoms with Gasteiger partial charge in [0.05, 0.1) is 12.5 Å². The van der Waals surface area contributed by atoms with Gasteiger partial charge in [-0.25, -0.2) is 0 Å². The quantitative estimate of drug-likeness (QED) is 0.874. The molecule has 2 fully saturated rings. The first-order valence-corrected chi connectivity index (χ1v) is 10.7. The molecule has 5 heteroatoms. The van der Waals surface area contributed by atoms with E-state index < -0.39 is 0 Å². The van der Waals surface area contributed by atoms with Gasteiger partial charge in [0.1, 0.15) is 0 Å². The molecule has 1 aromatic carbocycles. The second kappa shape index (κ2) is 7.61. The Bertz CT molecular complexity index is 866. The molecule has 0 radical (unpaired) electrons. The van der Waals surface area contributed by atoms with Crippen LogP contribution < -0.4 is 0 Å². The lowest BCUT2D eigenvalue weighted by molar-refractivity contribution is -0.136. The van der Waals surface area contributed by atoms with Crippen molar-refractivity contribution in [1.82, 2.24) is 14.8 Å². The molecule has 2 aliphatic rings. The van der Waals surface area contributed by atoms with E-state index in [0.29, 0.717) is 19.5 Å². The number of nitrogens with zero attached hydrogens (tertiary/aromatic N) is 2. The first-order chi connectivity index (χ1) is 13.5. The van der Waals surface area contributed by atoms with E-state index in [2.05, 4.69) is 16.0 Å². The number of aromatic nitrogens is 1. The van der Waals surface area contributed by atoms with Crippen LogP contribution in [0.25, 0.3) is 10.9 Å². The lowest BCUT2D eigenvalue weighted by Crippen LogP contribution is -2.49. The van der Waals surface area contributed by atoms with Crippen LogP contribution in [0.3, 0.4) is 0 Å². The summed E-state index contributed by atoms with van der Waals surface area (Å²) < 4.78 is 0. The summed E-state index contributed by atoms with van der Waals surface area (Å²) in [6, 6.07) is 8.29. The van der Waals surface area contributed by atoms with E-state index in [0.717, 1.165) is 35.7 Å². The minimum atomic E-state index is -0.0605. The number of H-pyrrole nitrogens is 1. The van der Waals surface area contributed by atoms with Crippen LogP contribution in [0.2, 0.25) is 0 Å². The Balaban J connectivity index is 1.59. The van der Waals surface area contributed by atoms with Crippen LogP contribution in [-0.2, 0) is 16.0 Å². The van der Waals surface area contributed by atoms with Crippen molar-refractivity contribution in [1.29, 1.82) is 0 Å². The van der Waals surface area contributed by atoms with Crippen molar-refractivity contribution < 1.29 is 9.59 Å². The minimum absolute atomic E-state index is 0.0605. The Hall–Kier alpha value is -2.30. The Morgan fingerprint density at radius 3 is 2.68 bits per heavy atom. The normalized spacial score (nSPS) is 21.4. The summed E-state index contributed by atoms with van der Waals surface area (Å²) >= 11 is 0. The summed E-state index contributed by atoms with van der Waals surface area (Å²) in [7, 11) is 0. The summed E-state index contributed by atoms with van der Waals surface area (Å²) in [6.45, 7) is 5.06. The molecule has 2 amide bonds. The largest absolute Gasteiger partial charge is 0.361 e. The van der Waals surface area contributed by atoms with Gasteiger partial charge in [-0.3, -0.25) is 9.59 Å². The van der Waals surface area contributed by atoms with Gasteiger partial charge >= 0.3 is 0 Å². The van der Waals surface area contributed by atoms with Gasteiger partial charge in [0.2, 0.25) is 11.8 Å². The molecular formula is C23H31N3O2. The molecule has 0 unspecified atom stereocenters. The molecule has 1 saturated heterocycles. The summed E-state index contributed by atoms with van der Waals surface area (Å²) in [6.07, 6.45) is 9.06. The Kier molecular flexibility index (Phi) is 5.17. The lowest BCUT2D eigenvalue weighted by Gasteiger charge is -2.41. The van der Waals surface area contributed by atoms with Crippen LogP contribution in [-0.4, -0.2) is 51.3 Å². The summed E-state index contributed by atoms with van der Waals surface area (Å²) in [5, 5.41) is 1.13. The van der Waals surface area contributed by atoms with Crippen molar-refractivity contribution in [2.24, 2.45) is 0 Å². The number of nitrogens with one attached hydrogen (secondary N) is 1. The highest BCUT2D eigenvalue weighted by Crippen LogP contribution is 2.43. The monoisotopic (exact) mass is 381 g/mol. The Morgan fingerprint density at radius 2 is 1.96 bits per heavy atom. The van der Waals surface area contributed by atoms with Crippen LogP contribution in [0, 0.1) is 0 Å². The van der Waals surface area contributed by atoms with Crippen molar-refractivity contribution in [3.05, 3.63) is 36.0 Å². The number of amides is 2. The zero-order chi connectivity index (χ0) is 19.7. The maximum absolute atomic E-state index is 13.5. The molecule has 1 aliphatic carbocycles. The molecule has 2 aromatic rings. The molecule has 4 rings (SSSR count). The number of rotatable bonds is 4. The fourth-order valence-electron chi connectivity index (χ4n) is 5.55. The predicted octanol–water partition coefficient (Wildman–Crippen LogP) is 3.88. The zero-order valence-corrected chi connectivity index (χ0v) is 17.0. The fraction of sp³-hybridized carbons (Fsp3) is 0.565. The maximum Gasteiger partial charge on any atom is 0.227 e. The first-order valence-electron chi connectivity index (χ1n) is 10.7. The average Bonchev–Trinajstić information content (AvgIpc) is 3.25. The van der Waals surface area contributed by atoms with E-state index in [1.54, 1.807) is 6.92 Å². The van der Waals surface area contributed by atoms with E-state index in [1.165, 1.54) is 19.3 Å². The van der Waals surface area contributed by atoms with Crippen molar-refractivity contribution in [3.8, 4) is 0 Å². The number of likely N-dealkylation sites (N-methyl/N-ethyl adjacent to an activating group) is 1. The van der Waals surface area contributed by atoms with E-state index in [9.17, 15) is 9.59 Å². The number of para-hydroxylation sites is 1. The smallest absolute Gasteiger partial charge is 0.227 e. The van der Waals surface area contributed by atoms with Gasteiger partial charge in [0.25, 0.3) is 0 Å². The van der Waals surface area contributed by atoms with Gasteiger partial charge in [-0.15, -0.1) is 0 Å². The molecule has 1 atom stereocenters. The number of likely N-dealkylation sites (tertiary alicyclic amines) is 1. The van der Waals surface area contributed by atoms with Crippen molar-refractivity contribution in [2.75, 3.05) is 13.1 Å². The average molecular weight is 382 g/mol. The van der Waals surface area contributed by atoms with Crippen LogP contribution in [0.5, 0.6) is 0 Å². The van der Waals surface area contributed by atoms with Crippen LogP contribution >= 0.6 is 0 Å². The highest BCUT2D eigenvalue weighted by molar-refractivity contribution is 5.89. The standard InChI is InChI=1S/C23H31N3O2/c1-3-25(17(2)27)19-14-23(11-7-4-8-12-23)26(16-19)22(28)13-18-15-24-21-10-6-5-9-20(18)21/h5-6,9-10,15,19,24H,3-4,7-8,11-14,16H2,1-2H3/t19-/m0/s1. The number of aromatic amines is 1. The number of benzene rings is 1. The second-order valence-corrected chi connectivity index (χ2v) is 8.49. The summed E-state index contributed by atoms with van der Waals surface area (Å²) in [5.41, 5.74) is 2.08. The van der Waals surface area contributed by atoms with Crippen LogP contribution in [0.4, 0.5) is 0 Å². The third-order valence-electron chi connectivity index (χ3n) is 6.87. The number of carbonyl (C=O) groups excluding carboxylic acids is 2. The molecule has 1 aliphatic heterocycles. The molecule has 28 heavy (non-hydrogen) atoms. The number of hydrogen-bond donors (Lipinski definition) is 1. The van der Waals surface area contributed by atoms with Gasteiger partial charge in [-0.2, -0.15) is 0 Å². The van der Waals surface area contributed by atoms with E-state index >= 15 is 0 Å². The maximum atomic E-state index is 13.5. The van der Waals surface area contributed by atoms with E-state index in [4.69, 9.17) is 0 Å². The summed E-state index contributed by atoms with van der Waals surface area (Å²) in [4.78, 5) is 33.0. The summed E-state index contributed by atoms with van der Waals surface area (Å²) in [5.74, 6) is 0.318. The van der Waals surface area contributed by atoms with Gasteiger partial charge in [0, 0.05) is 42.7 Å². The highest BCUT2D eigenvalue weighted by Gasteiger charge is 2.49. The van der Waals surface area contributed by atoms with Crippen molar-refractivity contribution in [2.45, 2.75) is 70.4 Å². The molecule has 5 nitrogen and oxygen atoms in total. The third-order valence-corrected chi connectivity index (χ3v) is 6.87. The van der Waals surface area contributed by atoms with E-state index in [1.807, 2.05) is 36.2 Å². The molecule has 1 spiro atoms. The molecule has 1 aromatic heterocycles. The topological polar surface area (TPSA) is 56.4 Å². The van der Waals surface area contributed by atoms with Crippen molar-refractivity contribution >= 4 is 22.7 Å². The van der Waals surface area contributed by atoms with Gasteiger partial charge in [0.15, 0.2) is 0 Å². The zero-order valence-electron chi connectivity index (χ0n) is 17.0. The molecule has 150 valence electrons. The van der Waals surface area contributed by atoms with Gasteiger partial charge < -0.3 is 14.8 Å². The molecular weight excluding hydrogens is 350 g/mol. The molecule has 1 saturated carbocycles. The SMILES string of the molecule is CCN(C(C)=O)[C@@H]1CN(C(=O)Cc2c[nH]c3ccccc23)C2(CCCCC2)C1. The number of hydrogen-bond acceptors (Lipinski definition) is 2. The lowest BCUT2D eigenvalue weighted by atomic mass is 9.79. The van der Waals surface area contributed by atoms with Crippen molar-refractivity contribution in [3.63, 3.8) is 0 Å². The fourth-order valence-corrected chi connectivity index (χ4v) is 5.55. The number of carbonyl (C=O) groups is 2. The third kappa shape index (κ3) is 3.31. The molecule has 1 N–H and O–H groups in total. The first kappa shape index (κ1) is 19.0. The van der Waals surface area contributed by atoms with Gasteiger partial charge in [-0.1, -0.05) is 37.5 Å². The predicted molar refractivity (Wildman–Crippen MR) is 111 cm³/mol. The highest BCUT2D eigenvalue weighted by atomic mass is 16.2. The number of fused-ring (bicyclic) bond motifs is 1. The Morgan fingerprint density at radius 1 is 1.21 bits per heavy atom.